The smallest absolute Gasteiger partial charge is 0.357 e. The molecule has 126 valence electrons. The van der Waals surface area contributed by atoms with E-state index in [1.54, 1.807) is 19.3 Å². The van der Waals surface area contributed by atoms with Crippen LogP contribution < -0.4 is 21.2 Å². The van der Waals surface area contributed by atoms with E-state index in [1.807, 2.05) is 37.3 Å². The monoisotopic (exact) mass is 336 g/mol. The molecule has 0 radical (unpaired) electrons. The van der Waals surface area contributed by atoms with Crippen molar-refractivity contribution in [3.8, 4) is 0 Å². The maximum absolute atomic E-state index is 12.5. The minimum atomic E-state index is -0.486. The van der Waals surface area contributed by atoms with Crippen LogP contribution in [0.3, 0.4) is 0 Å². The van der Waals surface area contributed by atoms with Crippen LogP contribution in [0.1, 0.15) is 23.2 Å². The summed E-state index contributed by atoms with van der Waals surface area (Å²) < 4.78 is 7.04. The van der Waals surface area contributed by atoms with Crippen LogP contribution in [0, 0.1) is 13.8 Å². The first-order valence-corrected chi connectivity index (χ1v) is 7.98. The molecular weight excluding hydrogens is 318 g/mol. The van der Waals surface area contributed by atoms with E-state index in [1.165, 1.54) is 16.2 Å². The van der Waals surface area contributed by atoms with Gasteiger partial charge in [-0.1, -0.05) is 17.7 Å². The van der Waals surface area contributed by atoms with Crippen LogP contribution in [0.5, 0.6) is 0 Å². The maximum atomic E-state index is 12.5. The quantitative estimate of drug-likeness (QED) is 0.649. The summed E-state index contributed by atoms with van der Waals surface area (Å²) in [5.41, 5.74) is 2.60. The highest BCUT2D eigenvalue weighted by Crippen LogP contribution is 2.17. The predicted molar refractivity (Wildman–Crippen MR) is 94.5 cm³/mol. The normalized spacial score (nSPS) is 15.9. The summed E-state index contributed by atoms with van der Waals surface area (Å²) in [4.78, 5) is 20.2. The second-order valence-corrected chi connectivity index (χ2v) is 5.98. The minimum Gasteiger partial charge on any atom is -0.464 e. The van der Waals surface area contributed by atoms with Crippen LogP contribution in [0.15, 0.2) is 57.9 Å². The van der Waals surface area contributed by atoms with Gasteiger partial charge in [0.1, 0.15) is 0 Å². The van der Waals surface area contributed by atoms with Crippen molar-refractivity contribution in [2.24, 2.45) is 0 Å². The Kier molecular flexibility index (Phi) is 3.61. The van der Waals surface area contributed by atoms with E-state index in [-0.39, 0.29) is 5.56 Å². The summed E-state index contributed by atoms with van der Waals surface area (Å²) in [6.45, 7) is 3.83. The van der Waals surface area contributed by atoms with Gasteiger partial charge in [0.2, 0.25) is 6.17 Å². The SMILES string of the molecule is Cc1ccc(NC2=[NH+][C@H](c3ccco3)n3c(nc(C)cc3=O)N2)cc1. The lowest BCUT2D eigenvalue weighted by Gasteiger charge is -2.21. The summed E-state index contributed by atoms with van der Waals surface area (Å²) in [5, 5.41) is 6.42. The van der Waals surface area contributed by atoms with E-state index < -0.39 is 6.17 Å². The number of nitrogens with zero attached hydrogens (tertiary/aromatic N) is 2. The lowest BCUT2D eigenvalue weighted by Crippen LogP contribution is -2.82. The fraction of sp³-hybridized carbons (Fsp3) is 0.167. The van der Waals surface area contributed by atoms with Gasteiger partial charge < -0.3 is 4.42 Å². The van der Waals surface area contributed by atoms with Crippen molar-refractivity contribution in [3.05, 3.63) is 76.1 Å². The van der Waals surface area contributed by atoms with Crippen molar-refractivity contribution < 1.29 is 9.41 Å². The van der Waals surface area contributed by atoms with Gasteiger partial charge in [0, 0.05) is 11.8 Å². The number of fused-ring (bicyclic) bond motifs is 1. The highest BCUT2D eigenvalue weighted by Gasteiger charge is 2.30. The molecule has 1 aliphatic rings. The largest absolute Gasteiger partial charge is 0.464 e. The number of nitrogens with one attached hydrogen (secondary N) is 3. The molecule has 0 spiro atoms. The van der Waals surface area contributed by atoms with Crippen LogP contribution in [0.4, 0.5) is 11.6 Å². The molecule has 3 aromatic rings. The molecule has 7 heteroatoms. The average molecular weight is 336 g/mol. The van der Waals surface area contributed by atoms with Crippen LogP contribution in [0.2, 0.25) is 0 Å². The molecule has 0 saturated heterocycles. The Hall–Kier alpha value is -3.35. The molecule has 3 heterocycles. The number of aryl methyl sites for hydroxylation is 2. The summed E-state index contributed by atoms with van der Waals surface area (Å²) in [7, 11) is 0. The van der Waals surface area contributed by atoms with Crippen molar-refractivity contribution in [1.29, 1.82) is 0 Å². The zero-order valence-corrected chi connectivity index (χ0v) is 13.9. The second-order valence-electron chi connectivity index (χ2n) is 5.98. The van der Waals surface area contributed by atoms with Gasteiger partial charge in [-0.2, -0.15) is 0 Å². The van der Waals surface area contributed by atoms with Crippen molar-refractivity contribution in [1.82, 2.24) is 9.55 Å². The highest BCUT2D eigenvalue weighted by molar-refractivity contribution is 5.99. The van der Waals surface area contributed by atoms with Gasteiger partial charge >= 0.3 is 5.96 Å². The standard InChI is InChI=1S/C18H17N5O2/c1-11-5-7-13(8-6-11)20-17-21-16(14-4-3-9-25-14)23-15(24)10-12(2)19-18(23)22-17/h3-10,16H,1-2H3,(H2,19,20,21,22)/p+1/t16-/m0/s1. The second kappa shape index (κ2) is 5.94. The molecule has 7 nitrogen and oxygen atoms in total. The molecule has 1 aromatic carbocycles. The van der Waals surface area contributed by atoms with E-state index in [0.717, 1.165) is 5.69 Å². The maximum Gasteiger partial charge on any atom is 0.357 e. The number of hydrogen-bond donors (Lipinski definition) is 3. The first-order chi connectivity index (χ1) is 12.1. The molecule has 0 unspecified atom stereocenters. The first kappa shape index (κ1) is 15.2. The molecule has 3 N–H and O–H groups in total. The molecule has 25 heavy (non-hydrogen) atoms. The number of rotatable bonds is 2. The Bertz CT molecular complexity index is 987. The molecule has 1 atom stereocenters. The van der Waals surface area contributed by atoms with Gasteiger partial charge in [-0.05, 0) is 38.1 Å². The zero-order chi connectivity index (χ0) is 17.4. The van der Waals surface area contributed by atoms with Crippen LogP contribution in [-0.4, -0.2) is 15.5 Å². The molecule has 1 aliphatic heterocycles. The van der Waals surface area contributed by atoms with Crippen LogP contribution >= 0.6 is 0 Å². The van der Waals surface area contributed by atoms with Gasteiger partial charge in [-0.15, -0.1) is 0 Å². The van der Waals surface area contributed by atoms with E-state index in [9.17, 15) is 4.79 Å². The number of benzene rings is 1. The Morgan fingerprint density at radius 1 is 1.24 bits per heavy atom. The molecule has 4 rings (SSSR count). The van der Waals surface area contributed by atoms with E-state index in [4.69, 9.17) is 4.42 Å². The number of aromatic nitrogens is 2. The van der Waals surface area contributed by atoms with Crippen molar-refractivity contribution in [2.45, 2.75) is 20.0 Å². The number of anilines is 2. The van der Waals surface area contributed by atoms with Gasteiger partial charge in [-0.3, -0.25) is 4.79 Å². The van der Waals surface area contributed by atoms with E-state index in [0.29, 0.717) is 23.4 Å². The lowest BCUT2D eigenvalue weighted by molar-refractivity contribution is -0.523. The predicted octanol–water partition coefficient (Wildman–Crippen LogP) is 0.974. The van der Waals surface area contributed by atoms with Crippen molar-refractivity contribution >= 4 is 17.6 Å². The number of guanidine groups is 1. The van der Waals surface area contributed by atoms with Gasteiger partial charge in [0.25, 0.3) is 11.5 Å². The summed E-state index contributed by atoms with van der Waals surface area (Å²) in [5.74, 6) is 1.71. The minimum absolute atomic E-state index is 0.154. The molecule has 0 bridgehead atoms. The zero-order valence-electron chi connectivity index (χ0n) is 13.9. The van der Waals surface area contributed by atoms with Crippen LogP contribution in [-0.2, 0) is 0 Å². The summed E-state index contributed by atoms with van der Waals surface area (Å²) in [6, 6.07) is 13.1. The Balaban J connectivity index is 1.76. The van der Waals surface area contributed by atoms with E-state index in [2.05, 4.69) is 20.6 Å². The number of furan rings is 1. The third-order valence-corrected chi connectivity index (χ3v) is 3.99. The molecule has 2 aromatic heterocycles. The molecule has 0 aliphatic carbocycles. The summed E-state index contributed by atoms with van der Waals surface area (Å²) in [6.07, 6.45) is 1.10. The van der Waals surface area contributed by atoms with Crippen molar-refractivity contribution in [2.75, 3.05) is 10.6 Å². The highest BCUT2D eigenvalue weighted by atomic mass is 16.3. The van der Waals surface area contributed by atoms with Crippen molar-refractivity contribution in [3.63, 3.8) is 0 Å². The fourth-order valence-electron chi connectivity index (χ4n) is 2.79. The Morgan fingerprint density at radius 2 is 2.04 bits per heavy atom. The number of hydrogen-bond acceptors (Lipinski definition) is 5. The molecular formula is C18H18N5O2+. The Morgan fingerprint density at radius 3 is 2.76 bits per heavy atom. The van der Waals surface area contributed by atoms with E-state index >= 15 is 0 Å². The molecule has 0 saturated carbocycles. The average Bonchev–Trinajstić information content (AvgIpc) is 3.10. The van der Waals surface area contributed by atoms with Gasteiger partial charge in [-0.25, -0.2) is 25.2 Å². The fourth-order valence-corrected chi connectivity index (χ4v) is 2.79. The van der Waals surface area contributed by atoms with Gasteiger partial charge in [0.15, 0.2) is 5.76 Å². The first-order valence-electron chi connectivity index (χ1n) is 7.98. The third kappa shape index (κ3) is 2.91. The lowest BCUT2D eigenvalue weighted by atomic mass is 10.2. The molecule has 0 fully saturated rings. The summed E-state index contributed by atoms with van der Waals surface area (Å²) >= 11 is 0. The Labute approximate surface area is 144 Å². The van der Waals surface area contributed by atoms with Crippen LogP contribution in [0.25, 0.3) is 0 Å². The molecule has 0 amide bonds. The third-order valence-electron chi connectivity index (χ3n) is 3.99. The topological polar surface area (TPSA) is 86.1 Å². The van der Waals surface area contributed by atoms with Gasteiger partial charge in [0.05, 0.1) is 12.0 Å².